The molecule has 7 nitrogen and oxygen atoms in total. The highest BCUT2D eigenvalue weighted by atomic mass is 79.9. The standard InChI is InChI=1S/C13H13BrN2O5/c14-10-4-9(5-11(6-10)16(20)21)12(17)15-3-1-2-8(7-15)13(18)19/h4-6,8H,1-3,7H2,(H,18,19)/t8-/m1/s1. The van der Waals surface area contributed by atoms with E-state index in [1.165, 1.54) is 23.1 Å². The minimum Gasteiger partial charge on any atom is -0.481 e. The number of nitrogens with zero attached hydrogens (tertiary/aromatic N) is 2. The fourth-order valence-corrected chi connectivity index (χ4v) is 2.83. The van der Waals surface area contributed by atoms with E-state index in [1.54, 1.807) is 0 Å². The van der Waals surface area contributed by atoms with Crippen LogP contribution in [0.1, 0.15) is 23.2 Å². The summed E-state index contributed by atoms with van der Waals surface area (Å²) in [6.45, 7) is 0.595. The fourth-order valence-electron chi connectivity index (χ4n) is 2.35. The van der Waals surface area contributed by atoms with E-state index in [2.05, 4.69) is 15.9 Å². The minimum atomic E-state index is -0.923. The molecule has 0 aliphatic carbocycles. The number of hydrogen-bond donors (Lipinski definition) is 1. The van der Waals surface area contributed by atoms with E-state index in [1.807, 2.05) is 0 Å². The van der Waals surface area contributed by atoms with Crippen LogP contribution in [0.5, 0.6) is 0 Å². The number of aliphatic carboxylic acids is 1. The summed E-state index contributed by atoms with van der Waals surface area (Å²) < 4.78 is 0.437. The summed E-state index contributed by atoms with van der Waals surface area (Å²) in [6, 6.07) is 4.02. The quantitative estimate of drug-likeness (QED) is 0.661. The third-order valence-corrected chi connectivity index (χ3v) is 3.86. The van der Waals surface area contributed by atoms with Crippen molar-refractivity contribution in [3.63, 3.8) is 0 Å². The molecule has 8 heteroatoms. The van der Waals surface area contributed by atoms with E-state index in [0.29, 0.717) is 23.9 Å². The highest BCUT2D eigenvalue weighted by Gasteiger charge is 2.29. The second-order valence-electron chi connectivity index (χ2n) is 4.88. The Hall–Kier alpha value is -1.96. The number of carboxylic acids is 1. The van der Waals surface area contributed by atoms with Crippen molar-refractivity contribution < 1.29 is 19.6 Å². The van der Waals surface area contributed by atoms with Gasteiger partial charge in [0.1, 0.15) is 0 Å². The highest BCUT2D eigenvalue weighted by molar-refractivity contribution is 9.10. The van der Waals surface area contributed by atoms with Crippen LogP contribution < -0.4 is 0 Å². The van der Waals surface area contributed by atoms with Crippen LogP contribution in [0.2, 0.25) is 0 Å². The number of benzene rings is 1. The second-order valence-corrected chi connectivity index (χ2v) is 5.80. The predicted molar refractivity (Wildman–Crippen MR) is 77.1 cm³/mol. The van der Waals surface area contributed by atoms with Crippen molar-refractivity contribution in [2.75, 3.05) is 13.1 Å². The monoisotopic (exact) mass is 356 g/mol. The number of carboxylic acid groups (broad SMARTS) is 1. The van der Waals surface area contributed by atoms with Gasteiger partial charge in [0.05, 0.1) is 10.8 Å². The largest absolute Gasteiger partial charge is 0.481 e. The van der Waals surface area contributed by atoms with Gasteiger partial charge in [0.25, 0.3) is 11.6 Å². The van der Waals surface area contributed by atoms with Gasteiger partial charge < -0.3 is 10.0 Å². The van der Waals surface area contributed by atoms with Crippen molar-refractivity contribution in [2.24, 2.45) is 5.92 Å². The Morgan fingerprint density at radius 3 is 2.71 bits per heavy atom. The van der Waals surface area contributed by atoms with Gasteiger partial charge in [0, 0.05) is 35.3 Å². The molecule has 0 aromatic heterocycles. The van der Waals surface area contributed by atoms with E-state index in [4.69, 9.17) is 5.11 Å². The average Bonchev–Trinajstić information content (AvgIpc) is 2.45. The van der Waals surface area contributed by atoms with E-state index >= 15 is 0 Å². The maximum Gasteiger partial charge on any atom is 0.308 e. The van der Waals surface area contributed by atoms with Crippen LogP contribution in [0.25, 0.3) is 0 Å². The van der Waals surface area contributed by atoms with Crippen LogP contribution in [-0.2, 0) is 4.79 Å². The summed E-state index contributed by atoms with van der Waals surface area (Å²) in [4.78, 5) is 35.1. The third-order valence-electron chi connectivity index (χ3n) is 3.40. The summed E-state index contributed by atoms with van der Waals surface area (Å²) in [5, 5.41) is 19.9. The van der Waals surface area contributed by atoms with E-state index in [0.717, 1.165) is 0 Å². The molecule has 1 aliphatic heterocycles. The molecule has 0 unspecified atom stereocenters. The molecule has 1 atom stereocenters. The van der Waals surface area contributed by atoms with Crippen molar-refractivity contribution >= 4 is 33.5 Å². The van der Waals surface area contributed by atoms with Gasteiger partial charge in [-0.2, -0.15) is 0 Å². The zero-order chi connectivity index (χ0) is 15.6. The lowest BCUT2D eigenvalue weighted by molar-refractivity contribution is -0.385. The molecule has 2 rings (SSSR count). The molecule has 1 saturated heterocycles. The first-order valence-corrected chi connectivity index (χ1v) is 7.15. The smallest absolute Gasteiger partial charge is 0.308 e. The lowest BCUT2D eigenvalue weighted by Crippen LogP contribution is -2.42. The van der Waals surface area contributed by atoms with E-state index < -0.39 is 16.8 Å². The molecule has 1 aliphatic rings. The zero-order valence-electron chi connectivity index (χ0n) is 11.0. The summed E-state index contributed by atoms with van der Waals surface area (Å²) >= 11 is 3.14. The maximum absolute atomic E-state index is 12.4. The Labute approximate surface area is 128 Å². The van der Waals surface area contributed by atoms with Crippen molar-refractivity contribution in [3.05, 3.63) is 38.3 Å². The molecule has 0 saturated carbocycles. The molecule has 1 fully saturated rings. The summed E-state index contributed by atoms with van der Waals surface area (Å²) in [6.07, 6.45) is 1.15. The number of carbonyl (C=O) groups is 2. The van der Waals surface area contributed by atoms with Gasteiger partial charge in [-0.25, -0.2) is 0 Å². The Morgan fingerprint density at radius 2 is 2.10 bits per heavy atom. The Balaban J connectivity index is 2.23. The lowest BCUT2D eigenvalue weighted by atomic mass is 9.97. The van der Waals surface area contributed by atoms with Crippen molar-refractivity contribution in [3.8, 4) is 0 Å². The molecule has 1 heterocycles. The molecule has 0 radical (unpaired) electrons. The number of hydrogen-bond acceptors (Lipinski definition) is 4. The van der Waals surface area contributed by atoms with Crippen molar-refractivity contribution in [1.82, 2.24) is 4.90 Å². The predicted octanol–water partition coefficient (Wildman–Crippen LogP) is 2.29. The number of amides is 1. The average molecular weight is 357 g/mol. The van der Waals surface area contributed by atoms with E-state index in [-0.39, 0.29) is 23.7 Å². The van der Waals surface area contributed by atoms with Crippen molar-refractivity contribution in [1.29, 1.82) is 0 Å². The summed E-state index contributed by atoms with van der Waals surface area (Å²) in [7, 11) is 0. The third kappa shape index (κ3) is 3.57. The van der Waals surface area contributed by atoms with Crippen molar-refractivity contribution in [2.45, 2.75) is 12.8 Å². The van der Waals surface area contributed by atoms with Crippen LogP contribution in [0, 0.1) is 16.0 Å². The molecule has 0 spiro atoms. The molecule has 1 N–H and O–H groups in total. The van der Waals surface area contributed by atoms with Gasteiger partial charge in [0.15, 0.2) is 0 Å². The molecular weight excluding hydrogens is 344 g/mol. The number of carbonyl (C=O) groups excluding carboxylic acids is 1. The SMILES string of the molecule is O=C(O)[C@@H]1CCCN(C(=O)c2cc(Br)cc([N+](=O)[O-])c2)C1. The van der Waals surface area contributed by atoms with Crippen LogP contribution in [0.3, 0.4) is 0 Å². The first-order valence-electron chi connectivity index (χ1n) is 6.35. The van der Waals surface area contributed by atoms with E-state index in [9.17, 15) is 19.7 Å². The maximum atomic E-state index is 12.4. The zero-order valence-corrected chi connectivity index (χ0v) is 12.6. The number of non-ortho nitro benzene ring substituents is 1. The molecule has 21 heavy (non-hydrogen) atoms. The number of rotatable bonds is 3. The van der Waals surface area contributed by atoms with Crippen LogP contribution >= 0.6 is 15.9 Å². The van der Waals surface area contributed by atoms with Gasteiger partial charge in [-0.3, -0.25) is 19.7 Å². The number of nitro benzene ring substituents is 1. The molecule has 112 valence electrons. The molecule has 0 bridgehead atoms. The van der Waals surface area contributed by atoms with Gasteiger partial charge in [-0.05, 0) is 18.9 Å². The number of nitro groups is 1. The Kier molecular flexibility index (Phi) is 4.56. The van der Waals surface area contributed by atoms with Crippen LogP contribution in [0.4, 0.5) is 5.69 Å². The number of halogens is 1. The van der Waals surface area contributed by atoms with Crippen LogP contribution in [-0.4, -0.2) is 39.9 Å². The first kappa shape index (κ1) is 15.4. The van der Waals surface area contributed by atoms with Gasteiger partial charge in [-0.1, -0.05) is 15.9 Å². The molecular formula is C13H13BrN2O5. The molecule has 1 amide bonds. The van der Waals surface area contributed by atoms with Gasteiger partial charge in [0.2, 0.25) is 0 Å². The molecule has 1 aromatic carbocycles. The lowest BCUT2D eigenvalue weighted by Gasteiger charge is -2.30. The first-order chi connectivity index (χ1) is 9.88. The minimum absolute atomic E-state index is 0.133. The topological polar surface area (TPSA) is 101 Å². The van der Waals surface area contributed by atoms with Gasteiger partial charge >= 0.3 is 5.97 Å². The summed E-state index contributed by atoms with van der Waals surface area (Å²) in [5.41, 5.74) is 0.00151. The fraction of sp³-hybridized carbons (Fsp3) is 0.385. The van der Waals surface area contributed by atoms with Gasteiger partial charge in [-0.15, -0.1) is 0 Å². The summed E-state index contributed by atoms with van der Waals surface area (Å²) in [5.74, 6) is -1.89. The number of likely N-dealkylation sites (tertiary alicyclic amines) is 1. The Bertz CT molecular complexity index is 604. The Morgan fingerprint density at radius 1 is 1.38 bits per heavy atom. The number of piperidine rings is 1. The normalized spacial score (nSPS) is 18.3. The highest BCUT2D eigenvalue weighted by Crippen LogP contribution is 2.24. The second kappa shape index (κ2) is 6.21. The molecule has 1 aromatic rings. The van der Waals surface area contributed by atoms with Crippen LogP contribution in [0.15, 0.2) is 22.7 Å².